The van der Waals surface area contributed by atoms with E-state index in [1.807, 2.05) is 0 Å². The van der Waals surface area contributed by atoms with Gasteiger partial charge >= 0.3 is 5.97 Å². The van der Waals surface area contributed by atoms with Gasteiger partial charge in [0.2, 0.25) is 0 Å². The van der Waals surface area contributed by atoms with Gasteiger partial charge in [0, 0.05) is 6.08 Å². The fraction of sp³-hybridized carbons (Fsp3) is 0.667. The number of esters is 1. The Morgan fingerprint density at radius 1 is 1.09 bits per heavy atom. The Balaban J connectivity index is 1.85. The monoisotopic (exact) mass is 314 g/mol. The van der Waals surface area contributed by atoms with Gasteiger partial charge in [-0.1, -0.05) is 51.0 Å². The lowest BCUT2D eigenvalue weighted by molar-refractivity contribution is -0.134. The second kappa shape index (κ2) is 7.99. The van der Waals surface area contributed by atoms with Crippen LogP contribution in [0.15, 0.2) is 34.4 Å². The summed E-state index contributed by atoms with van der Waals surface area (Å²) < 4.78 is 4.93. The summed E-state index contributed by atoms with van der Waals surface area (Å²) in [7, 11) is 1.48. The van der Waals surface area contributed by atoms with Gasteiger partial charge in [0.05, 0.1) is 7.11 Å². The number of carbonyl (C=O) groups excluding carboxylic acids is 1. The number of rotatable bonds is 3. The largest absolute Gasteiger partial charge is 0.466 e. The lowest BCUT2D eigenvalue weighted by Gasteiger charge is -2.14. The molecule has 0 unspecified atom stereocenters. The highest BCUT2D eigenvalue weighted by molar-refractivity contribution is 5.86. The van der Waals surface area contributed by atoms with Crippen LogP contribution < -0.4 is 0 Å². The Morgan fingerprint density at radius 2 is 1.78 bits per heavy atom. The quantitative estimate of drug-likeness (QED) is 0.497. The maximum Gasteiger partial charge on any atom is 0.331 e. The number of methoxy groups -OCH3 is 1. The summed E-state index contributed by atoms with van der Waals surface area (Å²) >= 11 is 0. The van der Waals surface area contributed by atoms with Gasteiger partial charge in [-0.3, -0.25) is 0 Å². The van der Waals surface area contributed by atoms with E-state index in [0.717, 1.165) is 18.8 Å². The van der Waals surface area contributed by atoms with Crippen molar-refractivity contribution in [1.82, 2.24) is 0 Å². The van der Waals surface area contributed by atoms with E-state index in [1.54, 1.807) is 6.08 Å². The molecule has 2 nitrogen and oxygen atoms in total. The molecule has 126 valence electrons. The topological polar surface area (TPSA) is 26.3 Å². The fourth-order valence-corrected chi connectivity index (χ4v) is 4.46. The van der Waals surface area contributed by atoms with Crippen molar-refractivity contribution in [2.24, 2.45) is 5.92 Å². The first-order chi connectivity index (χ1) is 11.3. The normalized spacial score (nSPS) is 24.9. The summed E-state index contributed by atoms with van der Waals surface area (Å²) in [6.45, 7) is 0. The molecule has 2 heteroatoms. The molecule has 0 atom stereocenters. The molecule has 23 heavy (non-hydrogen) atoms. The number of allylic oxidation sites excluding steroid dienone is 5. The number of hydrogen-bond acceptors (Lipinski definition) is 2. The van der Waals surface area contributed by atoms with Crippen LogP contribution in [0.2, 0.25) is 0 Å². The van der Waals surface area contributed by atoms with Gasteiger partial charge in [0.1, 0.15) is 0 Å². The molecule has 0 aromatic rings. The van der Waals surface area contributed by atoms with Crippen LogP contribution in [-0.4, -0.2) is 13.1 Å². The minimum Gasteiger partial charge on any atom is -0.466 e. The van der Waals surface area contributed by atoms with E-state index in [1.165, 1.54) is 93.6 Å². The minimum absolute atomic E-state index is 0.203. The van der Waals surface area contributed by atoms with Crippen molar-refractivity contribution in [2.45, 2.75) is 77.0 Å². The van der Waals surface area contributed by atoms with Crippen LogP contribution in [0.3, 0.4) is 0 Å². The first kappa shape index (κ1) is 16.5. The van der Waals surface area contributed by atoms with Crippen molar-refractivity contribution in [3.8, 4) is 0 Å². The zero-order valence-electron chi connectivity index (χ0n) is 14.5. The number of hydrogen-bond donors (Lipinski definition) is 0. The van der Waals surface area contributed by atoms with Crippen molar-refractivity contribution in [2.75, 3.05) is 7.11 Å². The third-order valence-electron chi connectivity index (χ3n) is 5.73. The van der Waals surface area contributed by atoms with Crippen LogP contribution in [0.1, 0.15) is 77.0 Å². The van der Waals surface area contributed by atoms with Crippen molar-refractivity contribution >= 4 is 5.97 Å². The third-order valence-corrected chi connectivity index (χ3v) is 5.73. The molecule has 0 aromatic carbocycles. The summed E-state index contributed by atoms with van der Waals surface area (Å²) in [6, 6.07) is 0. The molecular weight excluding hydrogens is 284 g/mol. The molecule has 1 fully saturated rings. The highest BCUT2D eigenvalue weighted by Crippen LogP contribution is 2.42. The van der Waals surface area contributed by atoms with Crippen molar-refractivity contribution in [1.29, 1.82) is 0 Å². The zero-order valence-corrected chi connectivity index (χ0v) is 14.5. The lowest BCUT2D eigenvalue weighted by atomic mass is 9.90. The van der Waals surface area contributed by atoms with E-state index in [2.05, 4.69) is 6.08 Å². The molecule has 0 spiro atoms. The lowest BCUT2D eigenvalue weighted by Crippen LogP contribution is -2.03. The molecule has 3 aliphatic carbocycles. The molecular formula is C21H30O2. The summed E-state index contributed by atoms with van der Waals surface area (Å²) in [4.78, 5) is 11.9. The van der Waals surface area contributed by atoms with E-state index < -0.39 is 0 Å². The third kappa shape index (κ3) is 4.16. The second-order valence-corrected chi connectivity index (χ2v) is 7.38. The van der Waals surface area contributed by atoms with Gasteiger partial charge in [0.15, 0.2) is 0 Å². The first-order valence-corrected chi connectivity index (χ1v) is 9.51. The smallest absolute Gasteiger partial charge is 0.331 e. The average Bonchev–Trinajstić information content (AvgIpc) is 3.17. The first-order valence-electron chi connectivity index (χ1n) is 9.51. The molecule has 0 amide bonds. The van der Waals surface area contributed by atoms with Crippen LogP contribution in [0.4, 0.5) is 0 Å². The molecule has 3 rings (SSSR count). The Bertz CT molecular complexity index is 530. The van der Waals surface area contributed by atoms with Gasteiger partial charge in [-0.2, -0.15) is 0 Å². The molecule has 0 radical (unpaired) electrons. The Kier molecular flexibility index (Phi) is 5.75. The summed E-state index contributed by atoms with van der Waals surface area (Å²) in [5.74, 6) is 0.613. The maximum atomic E-state index is 11.9. The highest BCUT2D eigenvalue weighted by Gasteiger charge is 2.26. The zero-order chi connectivity index (χ0) is 16.1. The minimum atomic E-state index is -0.203. The molecule has 0 saturated heterocycles. The Morgan fingerprint density at radius 3 is 2.52 bits per heavy atom. The predicted molar refractivity (Wildman–Crippen MR) is 94.1 cm³/mol. The maximum absolute atomic E-state index is 11.9. The van der Waals surface area contributed by atoms with Gasteiger partial charge < -0.3 is 4.74 Å². The van der Waals surface area contributed by atoms with Crippen LogP contribution in [0.5, 0.6) is 0 Å². The predicted octanol–water partition coefficient (Wildman–Crippen LogP) is 5.65. The summed E-state index contributed by atoms with van der Waals surface area (Å²) in [6.07, 6.45) is 19.7. The van der Waals surface area contributed by atoms with Crippen molar-refractivity contribution < 1.29 is 9.53 Å². The summed E-state index contributed by atoms with van der Waals surface area (Å²) in [5.41, 5.74) is 5.58. The molecule has 0 aromatic heterocycles. The second-order valence-electron chi connectivity index (χ2n) is 7.38. The molecule has 0 heterocycles. The summed E-state index contributed by atoms with van der Waals surface area (Å²) in [5, 5.41) is 0. The molecule has 0 N–H and O–H groups in total. The van der Waals surface area contributed by atoms with E-state index in [4.69, 9.17) is 4.74 Å². The Hall–Kier alpha value is -1.31. The van der Waals surface area contributed by atoms with Gasteiger partial charge in [-0.05, 0) is 60.3 Å². The van der Waals surface area contributed by atoms with E-state index in [0.29, 0.717) is 0 Å². The SMILES string of the molecule is COC(=O)/C=C1/C(CC2CCCC2)=CC2=C1CCCCCCC2. The molecule has 0 bridgehead atoms. The van der Waals surface area contributed by atoms with Crippen LogP contribution in [-0.2, 0) is 9.53 Å². The van der Waals surface area contributed by atoms with Gasteiger partial charge in [-0.25, -0.2) is 4.79 Å². The van der Waals surface area contributed by atoms with Crippen LogP contribution in [0.25, 0.3) is 0 Å². The van der Waals surface area contributed by atoms with Crippen molar-refractivity contribution in [3.63, 3.8) is 0 Å². The molecule has 0 aliphatic heterocycles. The van der Waals surface area contributed by atoms with E-state index >= 15 is 0 Å². The van der Waals surface area contributed by atoms with Gasteiger partial charge in [-0.15, -0.1) is 0 Å². The van der Waals surface area contributed by atoms with Crippen molar-refractivity contribution in [3.05, 3.63) is 34.4 Å². The average molecular weight is 314 g/mol. The fourth-order valence-electron chi connectivity index (χ4n) is 4.46. The molecule has 3 aliphatic rings. The van der Waals surface area contributed by atoms with E-state index in [-0.39, 0.29) is 5.97 Å². The van der Waals surface area contributed by atoms with Crippen LogP contribution in [0, 0.1) is 5.92 Å². The number of ether oxygens (including phenoxy) is 1. The molecule has 1 saturated carbocycles. The highest BCUT2D eigenvalue weighted by atomic mass is 16.5. The van der Waals surface area contributed by atoms with E-state index in [9.17, 15) is 4.79 Å². The van der Waals surface area contributed by atoms with Gasteiger partial charge in [0.25, 0.3) is 0 Å². The van der Waals surface area contributed by atoms with Crippen LogP contribution >= 0.6 is 0 Å². The Labute approximate surface area is 140 Å². The standard InChI is InChI=1S/C21H30O2/c1-23-21(22)15-20-18(13-16-9-7-8-10-16)14-17-11-5-3-2-4-6-12-19(17)20/h14-16H,2-13H2,1H3/b20-15-. The number of carbonyl (C=O) groups is 1.